The number of nitrogens with zero attached hydrogens (tertiary/aromatic N) is 1. The molecule has 0 spiro atoms. The molecule has 0 unspecified atom stereocenters. The molecule has 5 nitrogen and oxygen atoms in total. The van der Waals surface area contributed by atoms with Gasteiger partial charge in [-0.15, -0.1) is 0 Å². The third kappa shape index (κ3) is 3.57. The Morgan fingerprint density at radius 2 is 2.05 bits per heavy atom. The van der Waals surface area contributed by atoms with Crippen molar-refractivity contribution < 1.29 is 22.1 Å². The number of methoxy groups -OCH3 is 1. The van der Waals surface area contributed by atoms with Crippen LogP contribution in [0.4, 0.5) is 4.39 Å². The topological polar surface area (TPSA) is 69.4 Å². The molecule has 0 aliphatic carbocycles. The van der Waals surface area contributed by atoms with Crippen LogP contribution in [0.2, 0.25) is 0 Å². The quantitative estimate of drug-likeness (QED) is 0.847. The van der Waals surface area contributed by atoms with Gasteiger partial charge in [-0.25, -0.2) is 12.8 Å². The van der Waals surface area contributed by atoms with E-state index in [1.807, 2.05) is 0 Å². The zero-order chi connectivity index (χ0) is 14.8. The van der Waals surface area contributed by atoms with E-state index in [-0.39, 0.29) is 17.3 Å². The summed E-state index contributed by atoms with van der Waals surface area (Å²) in [6, 6.07) is 5.64. The Morgan fingerprint density at radius 3 is 2.60 bits per heavy atom. The van der Waals surface area contributed by atoms with Gasteiger partial charge in [-0.3, -0.25) is 0 Å². The molecule has 0 fully saturated rings. The van der Waals surface area contributed by atoms with Crippen molar-refractivity contribution in [2.45, 2.75) is 18.4 Å². The molecule has 0 atom stereocenters. The van der Waals surface area contributed by atoms with E-state index >= 15 is 0 Å². The van der Waals surface area contributed by atoms with Crippen molar-refractivity contribution in [2.75, 3.05) is 7.11 Å². The fourth-order valence-electron chi connectivity index (χ4n) is 1.82. The number of halogens is 1. The van der Waals surface area contributed by atoms with Crippen LogP contribution in [-0.4, -0.2) is 20.7 Å². The first-order chi connectivity index (χ1) is 9.39. The largest absolute Gasteiger partial charge is 0.494 e. The lowest BCUT2D eigenvalue weighted by Crippen LogP contribution is -2.08. The summed E-state index contributed by atoms with van der Waals surface area (Å²) in [6.45, 7) is 1.68. The minimum Gasteiger partial charge on any atom is -0.494 e. The van der Waals surface area contributed by atoms with Crippen molar-refractivity contribution in [1.29, 1.82) is 0 Å². The SMILES string of the molecule is COc1ccc(CS(=O)(=O)Cc2cc(C)on2)cc1F. The first-order valence-corrected chi connectivity index (χ1v) is 7.67. The average Bonchev–Trinajstić information content (AvgIpc) is 2.73. The number of hydrogen-bond donors (Lipinski definition) is 0. The molecule has 1 aromatic heterocycles. The number of sulfone groups is 1. The minimum atomic E-state index is -3.44. The number of aryl methyl sites for hydroxylation is 1. The van der Waals surface area contributed by atoms with Crippen LogP contribution in [0.3, 0.4) is 0 Å². The van der Waals surface area contributed by atoms with Gasteiger partial charge in [-0.2, -0.15) is 0 Å². The predicted molar refractivity (Wildman–Crippen MR) is 70.5 cm³/mol. The van der Waals surface area contributed by atoms with Crippen LogP contribution >= 0.6 is 0 Å². The standard InChI is InChI=1S/C13H14FNO4S/c1-9-5-11(15-19-9)8-20(16,17)7-10-3-4-13(18-2)12(14)6-10/h3-6H,7-8H2,1-2H3. The number of hydrogen-bond acceptors (Lipinski definition) is 5. The van der Waals surface area contributed by atoms with Gasteiger partial charge in [0.25, 0.3) is 0 Å². The lowest BCUT2D eigenvalue weighted by Gasteiger charge is -2.05. The third-order valence-electron chi connectivity index (χ3n) is 2.65. The Kier molecular flexibility index (Phi) is 4.08. The molecule has 0 aliphatic heterocycles. The number of rotatable bonds is 5. The summed E-state index contributed by atoms with van der Waals surface area (Å²) in [5, 5.41) is 3.64. The summed E-state index contributed by atoms with van der Waals surface area (Å²) in [5.74, 6) is -0.459. The molecule has 0 saturated carbocycles. The van der Waals surface area contributed by atoms with Gasteiger partial charge in [0.2, 0.25) is 0 Å². The second-order valence-electron chi connectivity index (χ2n) is 4.43. The second-order valence-corrected chi connectivity index (χ2v) is 6.49. The molecule has 7 heteroatoms. The van der Waals surface area contributed by atoms with Crippen LogP contribution in [-0.2, 0) is 21.3 Å². The van der Waals surface area contributed by atoms with Crippen LogP contribution in [0.15, 0.2) is 28.8 Å². The zero-order valence-electron chi connectivity index (χ0n) is 11.1. The maximum Gasteiger partial charge on any atom is 0.165 e. The maximum absolute atomic E-state index is 13.5. The Balaban J connectivity index is 2.13. The molecule has 20 heavy (non-hydrogen) atoms. The molecular weight excluding hydrogens is 285 g/mol. The summed E-state index contributed by atoms with van der Waals surface area (Å²) in [6.07, 6.45) is 0. The van der Waals surface area contributed by atoms with Gasteiger partial charge < -0.3 is 9.26 Å². The third-order valence-corrected chi connectivity index (χ3v) is 4.16. The molecule has 0 amide bonds. The summed E-state index contributed by atoms with van der Waals surface area (Å²) in [7, 11) is -2.09. The van der Waals surface area contributed by atoms with E-state index < -0.39 is 15.7 Å². The van der Waals surface area contributed by atoms with Crippen LogP contribution in [0.5, 0.6) is 5.75 Å². The zero-order valence-corrected chi connectivity index (χ0v) is 11.9. The molecule has 2 aromatic rings. The number of benzene rings is 1. The van der Waals surface area contributed by atoms with Crippen molar-refractivity contribution in [3.8, 4) is 5.75 Å². The highest BCUT2D eigenvalue weighted by atomic mass is 32.2. The van der Waals surface area contributed by atoms with E-state index in [4.69, 9.17) is 9.26 Å². The Hall–Kier alpha value is -1.89. The van der Waals surface area contributed by atoms with E-state index in [0.29, 0.717) is 17.0 Å². The van der Waals surface area contributed by atoms with E-state index in [1.54, 1.807) is 13.0 Å². The highest BCUT2D eigenvalue weighted by molar-refractivity contribution is 7.89. The maximum atomic E-state index is 13.5. The van der Waals surface area contributed by atoms with Crippen LogP contribution in [0.25, 0.3) is 0 Å². The molecule has 108 valence electrons. The normalized spacial score (nSPS) is 11.6. The van der Waals surface area contributed by atoms with Crippen LogP contribution in [0, 0.1) is 12.7 Å². The molecule has 2 rings (SSSR count). The van der Waals surface area contributed by atoms with Crippen molar-refractivity contribution >= 4 is 9.84 Å². The molecule has 0 saturated heterocycles. The smallest absolute Gasteiger partial charge is 0.165 e. The van der Waals surface area contributed by atoms with Gasteiger partial charge in [0.05, 0.1) is 24.3 Å². The molecule has 1 heterocycles. The molecule has 1 aromatic carbocycles. The number of ether oxygens (including phenoxy) is 1. The Morgan fingerprint density at radius 1 is 1.30 bits per heavy atom. The predicted octanol–water partition coefficient (Wildman–Crippen LogP) is 2.25. The highest BCUT2D eigenvalue weighted by Gasteiger charge is 2.17. The van der Waals surface area contributed by atoms with Gasteiger partial charge in [0.1, 0.15) is 5.76 Å². The first kappa shape index (κ1) is 14.5. The van der Waals surface area contributed by atoms with Gasteiger partial charge >= 0.3 is 0 Å². The summed E-state index contributed by atoms with van der Waals surface area (Å²) in [4.78, 5) is 0. The summed E-state index contributed by atoms with van der Waals surface area (Å²) in [5.41, 5.74) is 0.708. The van der Waals surface area contributed by atoms with E-state index in [9.17, 15) is 12.8 Å². The van der Waals surface area contributed by atoms with Crippen molar-refractivity contribution in [2.24, 2.45) is 0 Å². The van der Waals surface area contributed by atoms with Crippen LogP contribution < -0.4 is 4.74 Å². The fraction of sp³-hybridized carbons (Fsp3) is 0.308. The molecular formula is C13H14FNO4S. The van der Waals surface area contributed by atoms with Gasteiger partial charge in [-0.05, 0) is 24.6 Å². The van der Waals surface area contributed by atoms with Gasteiger partial charge in [-0.1, -0.05) is 11.2 Å². The molecule has 0 N–H and O–H groups in total. The number of aromatic nitrogens is 1. The summed E-state index contributed by atoms with van der Waals surface area (Å²) < 4.78 is 47.1. The Labute approximate surface area is 116 Å². The van der Waals surface area contributed by atoms with E-state index in [2.05, 4.69) is 5.16 Å². The first-order valence-electron chi connectivity index (χ1n) is 5.84. The minimum absolute atomic E-state index is 0.0817. The highest BCUT2D eigenvalue weighted by Crippen LogP contribution is 2.20. The van der Waals surface area contributed by atoms with Crippen molar-refractivity contribution in [1.82, 2.24) is 5.16 Å². The average molecular weight is 299 g/mol. The van der Waals surface area contributed by atoms with E-state index in [0.717, 1.165) is 6.07 Å². The summed E-state index contributed by atoms with van der Waals surface area (Å²) >= 11 is 0. The molecule has 0 bridgehead atoms. The van der Waals surface area contributed by atoms with Crippen molar-refractivity contribution in [3.05, 3.63) is 47.1 Å². The molecule has 0 radical (unpaired) electrons. The van der Waals surface area contributed by atoms with Gasteiger partial charge in [0, 0.05) is 6.07 Å². The van der Waals surface area contributed by atoms with Crippen LogP contribution in [0.1, 0.15) is 17.0 Å². The second kappa shape index (κ2) is 5.62. The monoisotopic (exact) mass is 299 g/mol. The van der Waals surface area contributed by atoms with E-state index in [1.165, 1.54) is 19.2 Å². The fourth-order valence-corrected chi connectivity index (χ4v) is 3.19. The van der Waals surface area contributed by atoms with Gasteiger partial charge in [0.15, 0.2) is 21.4 Å². The van der Waals surface area contributed by atoms with Crippen molar-refractivity contribution in [3.63, 3.8) is 0 Å². The Bertz CT molecular complexity index is 709. The lowest BCUT2D eigenvalue weighted by atomic mass is 10.2. The lowest BCUT2D eigenvalue weighted by molar-refractivity contribution is 0.386. The molecule has 0 aliphatic rings.